The fraction of sp³-hybridized carbons (Fsp3) is 0.353. The Morgan fingerprint density at radius 3 is 2.75 bits per heavy atom. The van der Waals surface area contributed by atoms with Crippen molar-refractivity contribution in [3.8, 4) is 10.6 Å². The van der Waals surface area contributed by atoms with Gasteiger partial charge in [0.2, 0.25) is 0 Å². The molecule has 0 atom stereocenters. The van der Waals surface area contributed by atoms with Crippen molar-refractivity contribution in [3.63, 3.8) is 0 Å². The van der Waals surface area contributed by atoms with Crippen molar-refractivity contribution in [2.75, 3.05) is 13.1 Å². The second-order valence-electron chi connectivity index (χ2n) is 5.84. The van der Waals surface area contributed by atoms with E-state index in [4.69, 9.17) is 16.7 Å². The van der Waals surface area contributed by atoms with Gasteiger partial charge >= 0.3 is 5.97 Å². The van der Waals surface area contributed by atoms with E-state index < -0.39 is 5.97 Å². The molecule has 0 radical (unpaired) electrons. The van der Waals surface area contributed by atoms with Crippen molar-refractivity contribution in [3.05, 3.63) is 40.4 Å². The molecular formula is C17H19ClN2O3S. The molecule has 24 heavy (non-hydrogen) atoms. The van der Waals surface area contributed by atoms with Gasteiger partial charge in [-0.25, -0.2) is 4.98 Å². The number of benzene rings is 1. The number of carboxylic acids is 1. The minimum atomic E-state index is -0.922. The van der Waals surface area contributed by atoms with Gasteiger partial charge in [0.05, 0.1) is 6.42 Å². The van der Waals surface area contributed by atoms with Gasteiger partial charge in [0.1, 0.15) is 10.7 Å². The van der Waals surface area contributed by atoms with Crippen molar-refractivity contribution < 1.29 is 14.7 Å². The molecule has 0 spiro atoms. The van der Waals surface area contributed by atoms with E-state index in [1.54, 1.807) is 22.4 Å². The van der Waals surface area contributed by atoms with E-state index in [1.807, 2.05) is 26.0 Å². The SMILES string of the molecule is CC(C)CN(CCC(=O)O)C(=O)c1csc(-c2cccc(Cl)c2)n1. The van der Waals surface area contributed by atoms with Crippen molar-refractivity contribution in [1.82, 2.24) is 9.88 Å². The topological polar surface area (TPSA) is 70.5 Å². The summed E-state index contributed by atoms with van der Waals surface area (Å²) in [6.45, 7) is 4.64. The van der Waals surface area contributed by atoms with Gasteiger partial charge in [-0.05, 0) is 18.1 Å². The molecule has 1 aromatic heterocycles. The third-order valence-corrected chi connectivity index (χ3v) is 4.39. The lowest BCUT2D eigenvalue weighted by atomic mass is 10.2. The minimum absolute atomic E-state index is 0.0796. The summed E-state index contributed by atoms with van der Waals surface area (Å²) in [7, 11) is 0. The number of nitrogens with zero attached hydrogens (tertiary/aromatic N) is 2. The Kier molecular flexibility index (Phi) is 6.34. The Morgan fingerprint density at radius 1 is 1.38 bits per heavy atom. The minimum Gasteiger partial charge on any atom is -0.481 e. The smallest absolute Gasteiger partial charge is 0.305 e. The van der Waals surface area contributed by atoms with E-state index >= 15 is 0 Å². The van der Waals surface area contributed by atoms with E-state index in [9.17, 15) is 9.59 Å². The molecule has 128 valence electrons. The van der Waals surface area contributed by atoms with Crippen molar-refractivity contribution in [2.24, 2.45) is 5.92 Å². The van der Waals surface area contributed by atoms with Gasteiger partial charge in [-0.1, -0.05) is 37.6 Å². The number of halogens is 1. The van der Waals surface area contributed by atoms with E-state index in [0.717, 1.165) is 5.56 Å². The van der Waals surface area contributed by atoms with Crippen LogP contribution < -0.4 is 0 Å². The van der Waals surface area contributed by atoms with E-state index in [0.29, 0.717) is 22.3 Å². The molecule has 0 bridgehead atoms. The third kappa shape index (κ3) is 5.04. The highest BCUT2D eigenvalue weighted by Crippen LogP contribution is 2.26. The van der Waals surface area contributed by atoms with Crippen molar-refractivity contribution >= 4 is 34.8 Å². The Morgan fingerprint density at radius 2 is 2.12 bits per heavy atom. The summed E-state index contributed by atoms with van der Waals surface area (Å²) in [6.07, 6.45) is -0.0796. The summed E-state index contributed by atoms with van der Waals surface area (Å²) < 4.78 is 0. The first-order chi connectivity index (χ1) is 11.4. The Labute approximate surface area is 149 Å². The zero-order valence-electron chi connectivity index (χ0n) is 13.5. The number of carbonyl (C=O) groups is 2. The molecule has 0 saturated heterocycles. The third-order valence-electron chi connectivity index (χ3n) is 3.26. The molecule has 2 rings (SSSR count). The standard InChI is InChI=1S/C17H19ClN2O3S/c1-11(2)9-20(7-6-15(21)22)17(23)14-10-24-16(19-14)12-4-3-5-13(18)8-12/h3-5,8,10-11H,6-7,9H2,1-2H3,(H,21,22). The van der Waals surface area contributed by atoms with Crippen LogP contribution in [0.3, 0.4) is 0 Å². The van der Waals surface area contributed by atoms with Crippen LogP contribution in [0.2, 0.25) is 5.02 Å². The van der Waals surface area contributed by atoms with Gasteiger partial charge in [0.15, 0.2) is 0 Å². The average molecular weight is 367 g/mol. The first-order valence-electron chi connectivity index (χ1n) is 7.59. The Hall–Kier alpha value is -1.92. The van der Waals surface area contributed by atoms with Crippen LogP contribution in [-0.2, 0) is 4.79 Å². The number of hydrogen-bond acceptors (Lipinski definition) is 4. The van der Waals surface area contributed by atoms with Crippen LogP contribution in [0.5, 0.6) is 0 Å². The van der Waals surface area contributed by atoms with E-state index in [1.165, 1.54) is 11.3 Å². The number of carbonyl (C=O) groups excluding carboxylic acids is 1. The number of hydrogen-bond donors (Lipinski definition) is 1. The monoisotopic (exact) mass is 366 g/mol. The largest absolute Gasteiger partial charge is 0.481 e. The zero-order valence-corrected chi connectivity index (χ0v) is 15.1. The second-order valence-corrected chi connectivity index (χ2v) is 7.13. The van der Waals surface area contributed by atoms with Crippen LogP contribution in [0.15, 0.2) is 29.6 Å². The van der Waals surface area contributed by atoms with Crippen molar-refractivity contribution in [2.45, 2.75) is 20.3 Å². The van der Waals surface area contributed by atoms with Gasteiger partial charge < -0.3 is 10.0 Å². The molecule has 1 aromatic carbocycles. The van der Waals surface area contributed by atoms with Gasteiger partial charge in [0, 0.05) is 29.1 Å². The number of amides is 1. The summed E-state index contributed by atoms with van der Waals surface area (Å²) in [5, 5.41) is 11.9. The Balaban J connectivity index is 2.19. The fourth-order valence-corrected chi connectivity index (χ4v) is 3.22. The predicted octanol–water partition coefficient (Wildman–Crippen LogP) is 4.04. The highest BCUT2D eigenvalue weighted by atomic mass is 35.5. The van der Waals surface area contributed by atoms with Crippen LogP contribution >= 0.6 is 22.9 Å². The summed E-state index contributed by atoms with van der Waals surface area (Å²) in [6, 6.07) is 7.29. The molecule has 0 unspecified atom stereocenters. The lowest BCUT2D eigenvalue weighted by molar-refractivity contribution is -0.137. The molecule has 5 nitrogen and oxygen atoms in total. The normalized spacial score (nSPS) is 10.8. The maximum Gasteiger partial charge on any atom is 0.305 e. The Bertz CT molecular complexity index is 730. The zero-order chi connectivity index (χ0) is 17.7. The van der Waals surface area contributed by atoms with Gasteiger partial charge in [-0.3, -0.25) is 9.59 Å². The molecule has 1 N–H and O–H groups in total. The first-order valence-corrected chi connectivity index (χ1v) is 8.85. The van der Waals surface area contributed by atoms with E-state index in [2.05, 4.69) is 4.98 Å². The molecule has 1 amide bonds. The quantitative estimate of drug-likeness (QED) is 0.802. The number of rotatable bonds is 7. The molecule has 0 aliphatic carbocycles. The van der Waals surface area contributed by atoms with Crippen molar-refractivity contribution in [1.29, 1.82) is 0 Å². The maximum atomic E-state index is 12.7. The fourth-order valence-electron chi connectivity index (χ4n) is 2.24. The summed E-state index contributed by atoms with van der Waals surface area (Å²) in [5.41, 5.74) is 1.19. The number of carboxylic acid groups (broad SMARTS) is 1. The van der Waals surface area contributed by atoms with Crippen LogP contribution in [-0.4, -0.2) is 40.0 Å². The lowest BCUT2D eigenvalue weighted by Crippen LogP contribution is -2.36. The molecular weight excluding hydrogens is 348 g/mol. The maximum absolute atomic E-state index is 12.7. The molecule has 7 heteroatoms. The average Bonchev–Trinajstić information content (AvgIpc) is 3.00. The molecule has 0 aliphatic rings. The van der Waals surface area contributed by atoms with E-state index in [-0.39, 0.29) is 24.8 Å². The summed E-state index contributed by atoms with van der Waals surface area (Å²) >= 11 is 7.36. The number of aliphatic carboxylic acids is 1. The van der Waals surface area contributed by atoms with Gasteiger partial charge in [-0.15, -0.1) is 11.3 Å². The molecule has 0 aliphatic heterocycles. The van der Waals surface area contributed by atoms with Gasteiger partial charge in [0.25, 0.3) is 5.91 Å². The summed E-state index contributed by atoms with van der Waals surface area (Å²) in [5.74, 6) is -0.919. The molecule has 2 aromatic rings. The number of thiazole rings is 1. The second kappa shape index (κ2) is 8.26. The molecule has 1 heterocycles. The first kappa shape index (κ1) is 18.4. The van der Waals surface area contributed by atoms with Crippen LogP contribution in [0, 0.1) is 5.92 Å². The number of aromatic nitrogens is 1. The summed E-state index contributed by atoms with van der Waals surface area (Å²) in [4.78, 5) is 29.4. The predicted molar refractivity (Wildman–Crippen MR) is 95.6 cm³/mol. The highest BCUT2D eigenvalue weighted by molar-refractivity contribution is 7.13. The molecule has 0 saturated carbocycles. The highest BCUT2D eigenvalue weighted by Gasteiger charge is 2.20. The van der Waals surface area contributed by atoms with Crippen LogP contribution in [0.1, 0.15) is 30.8 Å². The lowest BCUT2D eigenvalue weighted by Gasteiger charge is -2.23. The molecule has 0 fully saturated rings. The van der Waals surface area contributed by atoms with Gasteiger partial charge in [-0.2, -0.15) is 0 Å². The van der Waals surface area contributed by atoms with Crippen LogP contribution in [0.4, 0.5) is 0 Å². The van der Waals surface area contributed by atoms with Crippen LogP contribution in [0.25, 0.3) is 10.6 Å².